The van der Waals surface area contributed by atoms with Gasteiger partial charge in [-0.25, -0.2) is 0 Å². The number of para-hydroxylation sites is 3. The SMILES string of the molecule is CCOc1ccccc1NC(=O)C(CC)Oc1c(-c2ccc(C)cc2)oc2ccccc2c1=O. The zero-order valence-electron chi connectivity index (χ0n) is 19.5. The summed E-state index contributed by atoms with van der Waals surface area (Å²) < 4.78 is 17.8. The predicted molar refractivity (Wildman–Crippen MR) is 134 cm³/mol. The fourth-order valence-corrected chi connectivity index (χ4v) is 3.66. The first-order chi connectivity index (χ1) is 16.5. The van der Waals surface area contributed by atoms with Crippen molar-refractivity contribution in [1.82, 2.24) is 0 Å². The van der Waals surface area contributed by atoms with Gasteiger partial charge < -0.3 is 19.2 Å². The molecule has 0 aliphatic heterocycles. The van der Waals surface area contributed by atoms with Gasteiger partial charge in [0.25, 0.3) is 5.91 Å². The van der Waals surface area contributed by atoms with Crippen LogP contribution in [0.2, 0.25) is 0 Å². The summed E-state index contributed by atoms with van der Waals surface area (Å²) >= 11 is 0. The van der Waals surface area contributed by atoms with Crippen molar-refractivity contribution in [3.63, 3.8) is 0 Å². The molecule has 0 aliphatic carbocycles. The Hall–Kier alpha value is -4.06. The summed E-state index contributed by atoms with van der Waals surface area (Å²) in [7, 11) is 0. The monoisotopic (exact) mass is 457 g/mol. The molecule has 1 aromatic heterocycles. The van der Waals surface area contributed by atoms with Crippen LogP contribution in [0.15, 0.2) is 82.0 Å². The van der Waals surface area contributed by atoms with Crippen molar-refractivity contribution in [1.29, 1.82) is 0 Å². The quantitative estimate of drug-likeness (QED) is 0.353. The molecule has 0 fully saturated rings. The third-order valence-corrected chi connectivity index (χ3v) is 5.44. The number of carbonyl (C=O) groups is 1. The molecule has 0 aliphatic rings. The third-order valence-electron chi connectivity index (χ3n) is 5.44. The first kappa shape index (κ1) is 23.1. The zero-order valence-corrected chi connectivity index (χ0v) is 19.5. The summed E-state index contributed by atoms with van der Waals surface area (Å²) in [5.41, 5.74) is 2.45. The van der Waals surface area contributed by atoms with E-state index >= 15 is 0 Å². The van der Waals surface area contributed by atoms with Gasteiger partial charge in [0.2, 0.25) is 11.2 Å². The molecule has 0 saturated carbocycles. The summed E-state index contributed by atoms with van der Waals surface area (Å²) in [6.07, 6.45) is -0.564. The van der Waals surface area contributed by atoms with Gasteiger partial charge in [0, 0.05) is 5.56 Å². The number of hydrogen-bond acceptors (Lipinski definition) is 5. The van der Waals surface area contributed by atoms with Gasteiger partial charge in [0.15, 0.2) is 11.9 Å². The van der Waals surface area contributed by atoms with Crippen molar-refractivity contribution < 1.29 is 18.7 Å². The van der Waals surface area contributed by atoms with Crippen molar-refractivity contribution in [3.8, 4) is 22.8 Å². The van der Waals surface area contributed by atoms with Gasteiger partial charge in [-0.1, -0.05) is 61.0 Å². The fourth-order valence-electron chi connectivity index (χ4n) is 3.66. The summed E-state index contributed by atoms with van der Waals surface area (Å²) in [4.78, 5) is 26.6. The molecule has 1 amide bonds. The number of carbonyl (C=O) groups excluding carboxylic acids is 1. The lowest BCUT2D eigenvalue weighted by atomic mass is 10.1. The molecular weight excluding hydrogens is 430 g/mol. The second kappa shape index (κ2) is 10.3. The maximum absolute atomic E-state index is 13.4. The van der Waals surface area contributed by atoms with Crippen molar-refractivity contribution >= 4 is 22.6 Å². The standard InChI is InChI=1S/C28H27NO5/c1-4-22(28(31)29-21-11-7-9-13-24(21)32-5-2)33-27-25(30)20-10-6-8-12-23(20)34-26(27)19-16-14-18(3)15-17-19/h6-17,22H,4-5H2,1-3H3,(H,29,31). The van der Waals surface area contributed by atoms with E-state index in [0.717, 1.165) is 5.56 Å². The molecule has 3 aromatic carbocycles. The number of aryl methyl sites for hydroxylation is 1. The van der Waals surface area contributed by atoms with Crippen LogP contribution in [0, 0.1) is 6.92 Å². The van der Waals surface area contributed by atoms with E-state index in [-0.39, 0.29) is 17.1 Å². The second-order valence-electron chi connectivity index (χ2n) is 7.88. The normalized spacial score (nSPS) is 11.7. The van der Waals surface area contributed by atoms with E-state index in [1.807, 2.05) is 63.2 Å². The van der Waals surface area contributed by atoms with Gasteiger partial charge in [-0.3, -0.25) is 9.59 Å². The lowest BCUT2D eigenvalue weighted by Gasteiger charge is -2.20. The van der Waals surface area contributed by atoms with Crippen LogP contribution in [0.4, 0.5) is 5.69 Å². The average Bonchev–Trinajstić information content (AvgIpc) is 2.85. The maximum atomic E-state index is 13.4. The average molecular weight is 458 g/mol. The molecule has 1 N–H and O–H groups in total. The highest BCUT2D eigenvalue weighted by Crippen LogP contribution is 2.32. The van der Waals surface area contributed by atoms with Crippen LogP contribution in [0.5, 0.6) is 11.5 Å². The number of fused-ring (bicyclic) bond motifs is 1. The molecule has 0 spiro atoms. The van der Waals surface area contributed by atoms with Crippen molar-refractivity contribution in [2.75, 3.05) is 11.9 Å². The van der Waals surface area contributed by atoms with Crippen LogP contribution in [0.3, 0.4) is 0 Å². The topological polar surface area (TPSA) is 77.8 Å². The molecule has 34 heavy (non-hydrogen) atoms. The molecule has 174 valence electrons. The van der Waals surface area contributed by atoms with E-state index in [9.17, 15) is 9.59 Å². The molecule has 1 unspecified atom stereocenters. The van der Waals surface area contributed by atoms with E-state index in [2.05, 4.69) is 5.32 Å². The molecular formula is C28H27NO5. The first-order valence-electron chi connectivity index (χ1n) is 11.3. The number of ether oxygens (including phenoxy) is 2. The summed E-state index contributed by atoms with van der Waals surface area (Å²) in [6.45, 7) is 6.16. The lowest BCUT2D eigenvalue weighted by Crippen LogP contribution is -2.34. The van der Waals surface area contributed by atoms with Gasteiger partial charge in [-0.2, -0.15) is 0 Å². The highest BCUT2D eigenvalue weighted by Gasteiger charge is 2.25. The van der Waals surface area contributed by atoms with Crippen molar-refractivity contribution in [2.45, 2.75) is 33.3 Å². The lowest BCUT2D eigenvalue weighted by molar-refractivity contribution is -0.122. The Labute approximate surface area is 198 Å². The van der Waals surface area contributed by atoms with Gasteiger partial charge in [-0.05, 0) is 44.5 Å². The number of benzene rings is 3. The van der Waals surface area contributed by atoms with Crippen LogP contribution in [0.25, 0.3) is 22.3 Å². The predicted octanol–water partition coefficient (Wildman–Crippen LogP) is 5.96. The van der Waals surface area contributed by atoms with Crippen LogP contribution in [-0.2, 0) is 4.79 Å². The minimum atomic E-state index is -0.914. The third kappa shape index (κ3) is 4.81. The van der Waals surface area contributed by atoms with E-state index < -0.39 is 6.10 Å². The van der Waals surface area contributed by atoms with E-state index in [4.69, 9.17) is 13.9 Å². The smallest absolute Gasteiger partial charge is 0.265 e. The van der Waals surface area contributed by atoms with Gasteiger partial charge in [0.1, 0.15) is 11.3 Å². The minimum absolute atomic E-state index is 0.0163. The molecule has 0 saturated heterocycles. The van der Waals surface area contributed by atoms with Crippen LogP contribution in [0.1, 0.15) is 25.8 Å². The molecule has 1 atom stereocenters. The molecule has 6 nitrogen and oxygen atoms in total. The van der Waals surface area contributed by atoms with E-state index in [1.165, 1.54) is 0 Å². The summed E-state index contributed by atoms with van der Waals surface area (Å²) in [6, 6.07) is 21.8. The molecule has 4 rings (SSSR count). The highest BCUT2D eigenvalue weighted by atomic mass is 16.5. The van der Waals surface area contributed by atoms with Crippen LogP contribution < -0.4 is 20.2 Å². The molecule has 1 heterocycles. The Morgan fingerprint density at radius 2 is 1.68 bits per heavy atom. The summed E-state index contributed by atoms with van der Waals surface area (Å²) in [5, 5.41) is 3.26. The number of amides is 1. The van der Waals surface area contributed by atoms with Gasteiger partial charge in [-0.15, -0.1) is 0 Å². The zero-order chi connectivity index (χ0) is 24.1. The first-order valence-corrected chi connectivity index (χ1v) is 11.3. The van der Waals surface area contributed by atoms with Crippen molar-refractivity contribution in [3.05, 3.63) is 88.6 Å². The largest absolute Gasteiger partial charge is 0.492 e. The Balaban J connectivity index is 1.73. The van der Waals surface area contributed by atoms with E-state index in [0.29, 0.717) is 46.8 Å². The Morgan fingerprint density at radius 3 is 2.41 bits per heavy atom. The van der Waals surface area contributed by atoms with Crippen LogP contribution >= 0.6 is 0 Å². The van der Waals surface area contributed by atoms with Crippen LogP contribution in [-0.4, -0.2) is 18.6 Å². The number of hydrogen-bond donors (Lipinski definition) is 1. The molecule has 0 bridgehead atoms. The molecule has 4 aromatic rings. The van der Waals surface area contributed by atoms with Crippen molar-refractivity contribution in [2.24, 2.45) is 0 Å². The number of anilines is 1. The highest BCUT2D eigenvalue weighted by molar-refractivity contribution is 5.96. The number of rotatable bonds is 8. The molecule has 0 radical (unpaired) electrons. The second-order valence-corrected chi connectivity index (χ2v) is 7.88. The minimum Gasteiger partial charge on any atom is -0.492 e. The molecule has 6 heteroatoms. The Kier molecular flexibility index (Phi) is 6.97. The maximum Gasteiger partial charge on any atom is 0.265 e. The van der Waals surface area contributed by atoms with Gasteiger partial charge in [0.05, 0.1) is 17.7 Å². The fraction of sp³-hybridized carbons (Fsp3) is 0.214. The van der Waals surface area contributed by atoms with E-state index in [1.54, 1.807) is 30.3 Å². The number of nitrogens with one attached hydrogen (secondary N) is 1. The Morgan fingerprint density at radius 1 is 0.971 bits per heavy atom. The van der Waals surface area contributed by atoms with Gasteiger partial charge >= 0.3 is 0 Å². The summed E-state index contributed by atoms with van der Waals surface area (Å²) in [5.74, 6) is 0.503. The Bertz CT molecular complexity index is 1360.